The van der Waals surface area contributed by atoms with Gasteiger partial charge in [-0.05, 0) is 56.5 Å². The van der Waals surface area contributed by atoms with Gasteiger partial charge >= 0.3 is 12.1 Å². The molecule has 9 heteroatoms. The molecule has 0 radical (unpaired) electrons. The molecule has 2 aromatic carbocycles. The molecule has 184 valence electrons. The van der Waals surface area contributed by atoms with Gasteiger partial charge in [-0.2, -0.15) is 0 Å². The van der Waals surface area contributed by atoms with Crippen molar-refractivity contribution in [2.45, 2.75) is 52.0 Å². The first-order valence-electron chi connectivity index (χ1n) is 10.8. The van der Waals surface area contributed by atoms with Crippen molar-refractivity contribution in [3.05, 3.63) is 53.6 Å². The predicted octanol–water partition coefficient (Wildman–Crippen LogP) is 3.10. The summed E-state index contributed by atoms with van der Waals surface area (Å²) in [5, 5.41) is 14.9. The number of benzene rings is 2. The number of alkyl carbamates (subject to hydrolysis) is 1. The fourth-order valence-corrected chi connectivity index (χ4v) is 3.29. The summed E-state index contributed by atoms with van der Waals surface area (Å²) < 4.78 is 15.5. The van der Waals surface area contributed by atoms with Crippen LogP contribution in [0, 0.1) is 0 Å². The van der Waals surface area contributed by atoms with E-state index in [1.165, 1.54) is 21.1 Å². The van der Waals surface area contributed by atoms with Gasteiger partial charge in [-0.25, -0.2) is 9.59 Å². The number of hydrogen-bond donors (Lipinski definition) is 3. The maximum Gasteiger partial charge on any atom is 0.408 e. The van der Waals surface area contributed by atoms with Gasteiger partial charge in [0.05, 0.1) is 20.8 Å². The molecule has 0 spiro atoms. The Hall–Kier alpha value is -3.59. The average Bonchev–Trinajstić information content (AvgIpc) is 2.80. The van der Waals surface area contributed by atoms with Crippen LogP contribution in [0.3, 0.4) is 0 Å². The van der Waals surface area contributed by atoms with Crippen molar-refractivity contribution < 1.29 is 33.7 Å². The van der Waals surface area contributed by atoms with Crippen LogP contribution in [0.5, 0.6) is 5.75 Å². The molecule has 0 bridgehead atoms. The fourth-order valence-electron chi connectivity index (χ4n) is 3.29. The van der Waals surface area contributed by atoms with E-state index in [1.807, 2.05) is 12.1 Å². The molecule has 0 aliphatic rings. The van der Waals surface area contributed by atoms with Crippen LogP contribution >= 0.6 is 0 Å². The monoisotopic (exact) mass is 472 g/mol. The highest BCUT2D eigenvalue weighted by Crippen LogP contribution is 2.35. The number of hydrogen-bond acceptors (Lipinski definition) is 7. The maximum atomic E-state index is 13.1. The molecule has 2 amide bonds. The number of amides is 2. The van der Waals surface area contributed by atoms with E-state index in [1.54, 1.807) is 51.1 Å². The second-order valence-corrected chi connectivity index (χ2v) is 8.61. The average molecular weight is 473 g/mol. The van der Waals surface area contributed by atoms with E-state index in [4.69, 9.17) is 9.47 Å². The molecular weight excluding hydrogens is 440 g/mol. The summed E-state index contributed by atoms with van der Waals surface area (Å²) in [5.74, 6) is -0.740. The van der Waals surface area contributed by atoms with Crippen molar-refractivity contribution in [3.8, 4) is 16.9 Å². The summed E-state index contributed by atoms with van der Waals surface area (Å²) in [6.45, 7) is 6.40. The first kappa shape index (κ1) is 26.7. The number of carbonyl (C=O) groups is 3. The fraction of sp³-hybridized carbons (Fsp3) is 0.400. The van der Waals surface area contributed by atoms with Gasteiger partial charge in [0.25, 0.3) is 0 Å². The van der Waals surface area contributed by atoms with Crippen LogP contribution < -0.4 is 15.4 Å². The van der Waals surface area contributed by atoms with Gasteiger partial charge in [-0.15, -0.1) is 0 Å². The molecular formula is C25H32N2O7. The van der Waals surface area contributed by atoms with Crippen LogP contribution in [0.25, 0.3) is 11.1 Å². The molecule has 2 atom stereocenters. The molecule has 9 nitrogen and oxygen atoms in total. The lowest BCUT2D eigenvalue weighted by molar-refractivity contribution is -0.144. The van der Waals surface area contributed by atoms with Gasteiger partial charge in [-0.1, -0.05) is 30.3 Å². The number of ether oxygens (including phenoxy) is 3. The van der Waals surface area contributed by atoms with E-state index in [2.05, 4.69) is 15.4 Å². The van der Waals surface area contributed by atoms with Gasteiger partial charge in [0.2, 0.25) is 5.91 Å². The van der Waals surface area contributed by atoms with E-state index < -0.39 is 35.7 Å². The smallest absolute Gasteiger partial charge is 0.408 e. The highest BCUT2D eigenvalue weighted by atomic mass is 16.6. The van der Waals surface area contributed by atoms with Gasteiger partial charge in [0, 0.05) is 5.56 Å². The molecule has 0 saturated heterocycles. The van der Waals surface area contributed by atoms with E-state index in [9.17, 15) is 19.5 Å². The maximum absolute atomic E-state index is 13.1. The Kier molecular flexibility index (Phi) is 9.03. The minimum atomic E-state index is -1.19. The van der Waals surface area contributed by atoms with Crippen LogP contribution in [0.4, 0.5) is 4.79 Å². The van der Waals surface area contributed by atoms with Gasteiger partial charge in [-0.3, -0.25) is 4.79 Å². The van der Waals surface area contributed by atoms with Crippen molar-refractivity contribution >= 4 is 18.0 Å². The van der Waals surface area contributed by atoms with Crippen LogP contribution in [0.2, 0.25) is 0 Å². The Balaban J connectivity index is 2.53. The molecule has 0 aliphatic heterocycles. The molecule has 0 heterocycles. The minimum Gasteiger partial charge on any atom is -0.496 e. The zero-order chi connectivity index (χ0) is 25.5. The van der Waals surface area contributed by atoms with Crippen molar-refractivity contribution in [1.82, 2.24) is 10.6 Å². The molecule has 2 rings (SSSR count). The Bertz CT molecular complexity index is 1030. The largest absolute Gasteiger partial charge is 0.496 e. The standard InChI is InChI=1S/C25H32N2O7/c1-15(23(30)33-6)26-22(29)21(27-24(31)34-25(2,3)4)16-11-12-20(32-5)19(13-16)18-10-8-7-9-17(18)14-28/h7-13,15,21,28H,14H2,1-6H3,(H,26,29)(H,27,31)/t15-,21+/m0/s1. The number of carbonyl (C=O) groups excluding carboxylic acids is 3. The Morgan fingerprint density at radius 1 is 1.00 bits per heavy atom. The molecule has 0 fully saturated rings. The SMILES string of the molecule is COC(=O)[C@H](C)NC(=O)[C@H](NC(=O)OC(C)(C)C)c1ccc(OC)c(-c2ccccc2CO)c1. The second-order valence-electron chi connectivity index (χ2n) is 8.61. The number of nitrogens with one attached hydrogen (secondary N) is 2. The lowest BCUT2D eigenvalue weighted by Gasteiger charge is -2.25. The van der Waals surface area contributed by atoms with Crippen LogP contribution in [-0.2, 0) is 25.7 Å². The summed E-state index contributed by atoms with van der Waals surface area (Å²) in [5.41, 5.74) is 1.63. The normalized spacial score (nSPS) is 12.8. The van der Waals surface area contributed by atoms with E-state index >= 15 is 0 Å². The summed E-state index contributed by atoms with van der Waals surface area (Å²) in [7, 11) is 2.73. The minimum absolute atomic E-state index is 0.194. The zero-order valence-corrected chi connectivity index (χ0v) is 20.3. The van der Waals surface area contributed by atoms with Crippen molar-refractivity contribution in [2.24, 2.45) is 0 Å². The molecule has 0 aliphatic carbocycles. The summed E-state index contributed by atoms with van der Waals surface area (Å²) in [6.07, 6.45) is -0.800. The number of aliphatic hydroxyl groups excluding tert-OH is 1. The molecule has 34 heavy (non-hydrogen) atoms. The quantitative estimate of drug-likeness (QED) is 0.505. The number of esters is 1. The van der Waals surface area contributed by atoms with E-state index in [0.717, 1.165) is 0 Å². The highest BCUT2D eigenvalue weighted by molar-refractivity contribution is 5.91. The number of rotatable bonds is 8. The number of aliphatic hydroxyl groups is 1. The molecule has 0 unspecified atom stereocenters. The molecule has 3 N–H and O–H groups in total. The van der Waals surface area contributed by atoms with Crippen LogP contribution in [0.1, 0.15) is 44.9 Å². The first-order valence-corrected chi connectivity index (χ1v) is 10.8. The van der Waals surface area contributed by atoms with Crippen molar-refractivity contribution in [3.63, 3.8) is 0 Å². The van der Waals surface area contributed by atoms with Crippen molar-refractivity contribution in [1.29, 1.82) is 0 Å². The lowest BCUT2D eigenvalue weighted by Crippen LogP contribution is -2.47. The van der Waals surface area contributed by atoms with Crippen LogP contribution in [0.15, 0.2) is 42.5 Å². The van der Waals surface area contributed by atoms with Gasteiger partial charge < -0.3 is 30.0 Å². The Morgan fingerprint density at radius 3 is 2.26 bits per heavy atom. The highest BCUT2D eigenvalue weighted by Gasteiger charge is 2.29. The zero-order valence-electron chi connectivity index (χ0n) is 20.3. The summed E-state index contributed by atoms with van der Waals surface area (Å²) >= 11 is 0. The van der Waals surface area contributed by atoms with Crippen LogP contribution in [-0.4, -0.2) is 48.9 Å². The Labute approximate surface area is 199 Å². The summed E-state index contributed by atoms with van der Waals surface area (Å²) in [6, 6.07) is 10.1. The van der Waals surface area contributed by atoms with E-state index in [-0.39, 0.29) is 6.61 Å². The summed E-state index contributed by atoms with van der Waals surface area (Å²) in [4.78, 5) is 37.5. The van der Waals surface area contributed by atoms with E-state index in [0.29, 0.717) is 28.0 Å². The molecule has 0 saturated carbocycles. The molecule has 0 aromatic heterocycles. The predicted molar refractivity (Wildman–Crippen MR) is 126 cm³/mol. The third-order valence-electron chi connectivity index (χ3n) is 4.87. The topological polar surface area (TPSA) is 123 Å². The number of methoxy groups -OCH3 is 2. The Morgan fingerprint density at radius 2 is 1.68 bits per heavy atom. The third-order valence-corrected chi connectivity index (χ3v) is 4.87. The van der Waals surface area contributed by atoms with Gasteiger partial charge in [0.1, 0.15) is 23.4 Å². The lowest BCUT2D eigenvalue weighted by atomic mass is 9.95. The van der Waals surface area contributed by atoms with Crippen molar-refractivity contribution in [2.75, 3.05) is 14.2 Å². The first-order chi connectivity index (χ1) is 16.0. The second kappa shape index (κ2) is 11.5. The van der Waals surface area contributed by atoms with Gasteiger partial charge in [0.15, 0.2) is 0 Å². The third kappa shape index (κ3) is 6.95. The molecule has 2 aromatic rings.